The fourth-order valence-corrected chi connectivity index (χ4v) is 1.93. The molecule has 0 fully saturated rings. The van der Waals surface area contributed by atoms with Crippen LogP contribution in [0.1, 0.15) is 39.8 Å². The lowest BCUT2D eigenvalue weighted by Gasteiger charge is -2.12. The zero-order chi connectivity index (χ0) is 14.3. The predicted octanol–water partition coefficient (Wildman–Crippen LogP) is 2.15. The number of hydrogen-bond donors (Lipinski definition) is 2. The second-order valence-corrected chi connectivity index (χ2v) is 5.69. The molecule has 1 aromatic rings. The number of hydrogen-bond acceptors (Lipinski definition) is 2. The molecule has 0 spiro atoms. The Morgan fingerprint density at radius 3 is 2.68 bits per heavy atom. The van der Waals surface area contributed by atoms with Crippen LogP contribution in [0.2, 0.25) is 0 Å². The maximum atomic E-state index is 11.6. The molecule has 1 amide bonds. The highest BCUT2D eigenvalue weighted by Gasteiger charge is 2.06. The maximum absolute atomic E-state index is 11.6. The van der Waals surface area contributed by atoms with Crippen molar-refractivity contribution in [2.75, 3.05) is 6.54 Å². The summed E-state index contributed by atoms with van der Waals surface area (Å²) in [6.45, 7) is 11.0. The summed E-state index contributed by atoms with van der Waals surface area (Å²) in [6.07, 6.45) is 2.57. The van der Waals surface area contributed by atoms with Crippen molar-refractivity contribution < 1.29 is 4.79 Å². The maximum Gasteiger partial charge on any atom is 0.221 e. The number of rotatable bonds is 8. The summed E-state index contributed by atoms with van der Waals surface area (Å²) in [6, 6.07) is 4.35. The van der Waals surface area contributed by atoms with E-state index in [9.17, 15) is 4.79 Å². The molecular formula is C15H27N3O. The van der Waals surface area contributed by atoms with Gasteiger partial charge >= 0.3 is 0 Å². The van der Waals surface area contributed by atoms with Crippen LogP contribution in [-0.2, 0) is 17.9 Å². The first-order chi connectivity index (χ1) is 8.99. The zero-order valence-corrected chi connectivity index (χ0v) is 12.6. The Hall–Kier alpha value is -1.29. The summed E-state index contributed by atoms with van der Waals surface area (Å²) < 4.78 is 2.15. The van der Waals surface area contributed by atoms with E-state index < -0.39 is 0 Å². The molecule has 0 saturated carbocycles. The van der Waals surface area contributed by atoms with Gasteiger partial charge in [-0.25, -0.2) is 0 Å². The second kappa shape index (κ2) is 8.00. The number of amides is 1. The third-order valence-electron chi connectivity index (χ3n) is 2.81. The van der Waals surface area contributed by atoms with Gasteiger partial charge in [0, 0.05) is 37.4 Å². The summed E-state index contributed by atoms with van der Waals surface area (Å²) in [5.74, 6) is 0.769. The molecule has 0 radical (unpaired) electrons. The smallest absolute Gasteiger partial charge is 0.221 e. The SMILES string of the molecule is CC(C)CNCc1cccn1CCC(=O)NC(C)C. The molecule has 0 aliphatic rings. The van der Waals surface area contributed by atoms with Crippen molar-refractivity contribution >= 4 is 5.91 Å². The summed E-state index contributed by atoms with van der Waals surface area (Å²) in [5.41, 5.74) is 1.23. The molecular weight excluding hydrogens is 238 g/mol. The van der Waals surface area contributed by atoms with Gasteiger partial charge < -0.3 is 15.2 Å². The van der Waals surface area contributed by atoms with Crippen LogP contribution in [0, 0.1) is 5.92 Å². The van der Waals surface area contributed by atoms with E-state index in [0.29, 0.717) is 12.3 Å². The van der Waals surface area contributed by atoms with Gasteiger partial charge in [-0.15, -0.1) is 0 Å². The van der Waals surface area contributed by atoms with E-state index in [1.807, 2.05) is 26.1 Å². The molecule has 0 atom stereocenters. The van der Waals surface area contributed by atoms with Crippen LogP contribution < -0.4 is 10.6 Å². The van der Waals surface area contributed by atoms with E-state index in [1.165, 1.54) is 5.69 Å². The Balaban J connectivity index is 2.38. The van der Waals surface area contributed by atoms with Crippen LogP contribution in [0.5, 0.6) is 0 Å². The molecule has 4 nitrogen and oxygen atoms in total. The molecule has 1 heterocycles. The van der Waals surface area contributed by atoms with E-state index in [0.717, 1.165) is 19.6 Å². The number of nitrogens with zero attached hydrogens (tertiary/aromatic N) is 1. The largest absolute Gasteiger partial charge is 0.354 e. The Labute approximate surface area is 116 Å². The molecule has 1 rings (SSSR count). The predicted molar refractivity (Wildman–Crippen MR) is 78.9 cm³/mol. The number of aryl methyl sites for hydroxylation is 1. The molecule has 0 aliphatic heterocycles. The summed E-state index contributed by atoms with van der Waals surface area (Å²) in [7, 11) is 0. The third-order valence-corrected chi connectivity index (χ3v) is 2.81. The second-order valence-electron chi connectivity index (χ2n) is 5.69. The highest BCUT2D eigenvalue weighted by Crippen LogP contribution is 2.04. The first-order valence-corrected chi connectivity index (χ1v) is 7.13. The average molecular weight is 265 g/mol. The Kier molecular flexibility index (Phi) is 6.64. The molecule has 0 aromatic carbocycles. The molecule has 108 valence electrons. The van der Waals surface area contributed by atoms with Gasteiger partial charge in [-0.05, 0) is 38.4 Å². The van der Waals surface area contributed by atoms with Gasteiger partial charge in [-0.1, -0.05) is 13.8 Å². The minimum Gasteiger partial charge on any atom is -0.354 e. The average Bonchev–Trinajstić information content (AvgIpc) is 2.72. The number of nitrogens with one attached hydrogen (secondary N) is 2. The highest BCUT2D eigenvalue weighted by atomic mass is 16.1. The van der Waals surface area contributed by atoms with Crippen LogP contribution in [-0.4, -0.2) is 23.1 Å². The number of carbonyl (C=O) groups is 1. The number of aromatic nitrogens is 1. The third kappa shape index (κ3) is 6.43. The Morgan fingerprint density at radius 1 is 1.32 bits per heavy atom. The quantitative estimate of drug-likeness (QED) is 0.756. The zero-order valence-electron chi connectivity index (χ0n) is 12.6. The fraction of sp³-hybridized carbons (Fsp3) is 0.667. The van der Waals surface area contributed by atoms with Crippen LogP contribution in [0.25, 0.3) is 0 Å². The normalized spacial score (nSPS) is 11.3. The van der Waals surface area contributed by atoms with Crippen molar-refractivity contribution in [3.63, 3.8) is 0 Å². The van der Waals surface area contributed by atoms with Gasteiger partial charge in [0.25, 0.3) is 0 Å². The van der Waals surface area contributed by atoms with E-state index in [4.69, 9.17) is 0 Å². The van der Waals surface area contributed by atoms with Crippen LogP contribution in [0.3, 0.4) is 0 Å². The van der Waals surface area contributed by atoms with Gasteiger partial charge in [-0.2, -0.15) is 0 Å². The molecule has 19 heavy (non-hydrogen) atoms. The van der Waals surface area contributed by atoms with E-state index in [1.54, 1.807) is 0 Å². The highest BCUT2D eigenvalue weighted by molar-refractivity contribution is 5.76. The molecule has 4 heteroatoms. The van der Waals surface area contributed by atoms with Crippen molar-refractivity contribution in [3.05, 3.63) is 24.0 Å². The van der Waals surface area contributed by atoms with Gasteiger partial charge in [0.15, 0.2) is 0 Å². The van der Waals surface area contributed by atoms with Crippen molar-refractivity contribution in [1.29, 1.82) is 0 Å². The molecule has 0 aliphatic carbocycles. The summed E-state index contributed by atoms with van der Waals surface area (Å²) in [5, 5.41) is 6.34. The van der Waals surface area contributed by atoms with Crippen molar-refractivity contribution in [2.45, 2.75) is 53.2 Å². The first kappa shape index (κ1) is 15.8. The van der Waals surface area contributed by atoms with Crippen LogP contribution >= 0.6 is 0 Å². The van der Waals surface area contributed by atoms with Crippen molar-refractivity contribution in [1.82, 2.24) is 15.2 Å². The molecule has 0 saturated heterocycles. The Bertz CT molecular complexity index is 382. The monoisotopic (exact) mass is 265 g/mol. The van der Waals surface area contributed by atoms with Gasteiger partial charge in [-0.3, -0.25) is 4.79 Å². The molecule has 0 bridgehead atoms. The van der Waals surface area contributed by atoms with Gasteiger partial charge in [0.2, 0.25) is 5.91 Å². The standard InChI is InChI=1S/C15H27N3O/c1-12(2)10-16-11-14-6-5-8-18(14)9-7-15(19)17-13(3)4/h5-6,8,12-13,16H,7,9-11H2,1-4H3,(H,17,19). The lowest BCUT2D eigenvalue weighted by molar-refractivity contribution is -0.121. The first-order valence-electron chi connectivity index (χ1n) is 7.13. The van der Waals surface area contributed by atoms with Crippen LogP contribution in [0.15, 0.2) is 18.3 Å². The lowest BCUT2D eigenvalue weighted by Crippen LogP contribution is -2.30. The van der Waals surface area contributed by atoms with Crippen molar-refractivity contribution in [2.24, 2.45) is 5.92 Å². The fourth-order valence-electron chi connectivity index (χ4n) is 1.93. The van der Waals surface area contributed by atoms with Gasteiger partial charge in [0.05, 0.1) is 0 Å². The minimum atomic E-state index is 0.116. The minimum absolute atomic E-state index is 0.116. The molecule has 1 aromatic heterocycles. The summed E-state index contributed by atoms with van der Waals surface area (Å²) >= 11 is 0. The van der Waals surface area contributed by atoms with Crippen LogP contribution in [0.4, 0.5) is 0 Å². The summed E-state index contributed by atoms with van der Waals surface area (Å²) in [4.78, 5) is 11.6. The molecule has 0 unspecified atom stereocenters. The van der Waals surface area contributed by atoms with Crippen molar-refractivity contribution in [3.8, 4) is 0 Å². The Morgan fingerprint density at radius 2 is 2.05 bits per heavy atom. The van der Waals surface area contributed by atoms with E-state index in [2.05, 4.69) is 35.1 Å². The topological polar surface area (TPSA) is 46.1 Å². The lowest BCUT2D eigenvalue weighted by atomic mass is 10.2. The number of carbonyl (C=O) groups excluding carboxylic acids is 1. The van der Waals surface area contributed by atoms with Gasteiger partial charge in [0.1, 0.15) is 0 Å². The van der Waals surface area contributed by atoms with E-state index in [-0.39, 0.29) is 11.9 Å². The molecule has 2 N–H and O–H groups in total. The van der Waals surface area contributed by atoms with E-state index >= 15 is 0 Å².